The number of rotatable bonds is 3. The predicted octanol–water partition coefficient (Wildman–Crippen LogP) is 1.26. The van der Waals surface area contributed by atoms with Crippen molar-refractivity contribution in [1.29, 1.82) is 0 Å². The minimum absolute atomic E-state index is 0.277. The molecule has 0 saturated carbocycles. The van der Waals surface area contributed by atoms with Crippen molar-refractivity contribution in [2.75, 3.05) is 0 Å². The minimum Gasteiger partial charge on any atom is -0.318 e. The van der Waals surface area contributed by atoms with Crippen molar-refractivity contribution in [2.24, 2.45) is 5.73 Å². The smallest absolute Gasteiger partial charge is 0.258 e. The molecule has 1 rings (SSSR count). The van der Waals surface area contributed by atoms with E-state index < -0.39 is 11.6 Å². The Balaban J connectivity index is 2.96. The zero-order valence-electron chi connectivity index (χ0n) is 7.64. The molecular weight excluding hydrogens is 168 g/mol. The first-order valence-corrected chi connectivity index (χ1v) is 4.39. The van der Waals surface area contributed by atoms with Crippen LogP contribution in [0.2, 0.25) is 0 Å². The van der Waals surface area contributed by atoms with Crippen LogP contribution >= 0.6 is 0 Å². The van der Waals surface area contributed by atoms with Crippen LogP contribution in [0.5, 0.6) is 0 Å². The lowest BCUT2D eigenvalue weighted by atomic mass is 9.83. The summed E-state index contributed by atoms with van der Waals surface area (Å²) in [7, 11) is 0. The molecule has 0 aromatic carbocycles. The van der Waals surface area contributed by atoms with Gasteiger partial charge in [0.25, 0.3) is 5.54 Å². The summed E-state index contributed by atoms with van der Waals surface area (Å²) in [6.07, 6.45) is 7.97. The fourth-order valence-corrected chi connectivity index (χ4v) is 1.61. The maximum Gasteiger partial charge on any atom is 0.258 e. The van der Waals surface area contributed by atoms with Crippen molar-refractivity contribution in [3.05, 3.63) is 34.4 Å². The predicted molar refractivity (Wildman–Crippen MR) is 50.9 cm³/mol. The number of allylic oxidation sites excluding steroid dienone is 2. The third kappa shape index (κ3) is 1.62. The van der Waals surface area contributed by atoms with Crippen molar-refractivity contribution in [2.45, 2.75) is 31.3 Å². The Bertz CT molecular complexity index is 260. The van der Waals surface area contributed by atoms with Gasteiger partial charge in [0.2, 0.25) is 0 Å². The zero-order chi connectivity index (χ0) is 9.90. The van der Waals surface area contributed by atoms with Gasteiger partial charge in [0, 0.05) is 11.3 Å². The van der Waals surface area contributed by atoms with E-state index in [1.54, 1.807) is 24.3 Å². The Labute approximate surface area is 77.3 Å². The van der Waals surface area contributed by atoms with Crippen LogP contribution in [0.4, 0.5) is 0 Å². The fraction of sp³-hybridized carbons (Fsp3) is 0.556. The number of hydrogen-bond donors (Lipinski definition) is 1. The molecule has 1 aliphatic carbocycles. The van der Waals surface area contributed by atoms with Gasteiger partial charge in [-0.25, -0.2) is 0 Å². The maximum atomic E-state index is 10.9. The molecule has 2 atom stereocenters. The van der Waals surface area contributed by atoms with Gasteiger partial charge in [-0.3, -0.25) is 10.1 Å². The molecule has 2 unspecified atom stereocenters. The van der Waals surface area contributed by atoms with Crippen LogP contribution in [0.1, 0.15) is 19.8 Å². The highest BCUT2D eigenvalue weighted by Crippen LogP contribution is 2.25. The first-order chi connectivity index (χ1) is 6.13. The molecule has 13 heavy (non-hydrogen) atoms. The summed E-state index contributed by atoms with van der Waals surface area (Å²) >= 11 is 0. The molecule has 0 amide bonds. The molecule has 0 bridgehead atoms. The van der Waals surface area contributed by atoms with Gasteiger partial charge in [0.15, 0.2) is 0 Å². The Hall–Kier alpha value is -1.16. The van der Waals surface area contributed by atoms with Crippen LogP contribution in [0.15, 0.2) is 24.3 Å². The Kier molecular flexibility index (Phi) is 2.83. The van der Waals surface area contributed by atoms with Gasteiger partial charge in [-0.2, -0.15) is 0 Å². The fourth-order valence-electron chi connectivity index (χ4n) is 1.61. The molecule has 4 heteroatoms. The Morgan fingerprint density at radius 3 is 2.77 bits per heavy atom. The number of nitro groups is 1. The van der Waals surface area contributed by atoms with E-state index in [1.165, 1.54) is 0 Å². The monoisotopic (exact) mass is 182 g/mol. The van der Waals surface area contributed by atoms with Crippen LogP contribution in [0.25, 0.3) is 0 Å². The maximum absolute atomic E-state index is 10.9. The molecule has 0 aliphatic heterocycles. The molecule has 72 valence electrons. The van der Waals surface area contributed by atoms with E-state index in [0.29, 0.717) is 6.42 Å². The Morgan fingerprint density at radius 1 is 1.62 bits per heavy atom. The van der Waals surface area contributed by atoms with E-state index in [0.717, 1.165) is 6.42 Å². The van der Waals surface area contributed by atoms with Crippen LogP contribution < -0.4 is 5.73 Å². The summed E-state index contributed by atoms with van der Waals surface area (Å²) in [5.74, 6) is 0. The molecule has 0 radical (unpaired) electrons. The molecule has 0 fully saturated rings. The first kappa shape index (κ1) is 9.92. The standard InChI is InChI=1S/C9H14N2O2/c1-2-6-9(11(12)13)7-4-3-5-8(9)10/h3-5,7-8H,2,6,10H2,1H3. The van der Waals surface area contributed by atoms with E-state index in [1.807, 2.05) is 6.92 Å². The molecule has 4 nitrogen and oxygen atoms in total. The second kappa shape index (κ2) is 3.70. The molecule has 2 N–H and O–H groups in total. The van der Waals surface area contributed by atoms with Crippen molar-refractivity contribution in [3.8, 4) is 0 Å². The SMILES string of the molecule is CCCC1([N+](=O)[O-])C=CC=CC1N. The van der Waals surface area contributed by atoms with Crippen LogP contribution in [-0.2, 0) is 0 Å². The molecule has 0 saturated heterocycles. The molecule has 0 aromatic rings. The third-order valence-corrected chi connectivity index (χ3v) is 2.38. The Morgan fingerprint density at radius 2 is 2.31 bits per heavy atom. The van der Waals surface area contributed by atoms with Crippen LogP contribution in [0, 0.1) is 10.1 Å². The van der Waals surface area contributed by atoms with Gasteiger partial charge >= 0.3 is 0 Å². The lowest BCUT2D eigenvalue weighted by molar-refractivity contribution is -0.558. The molecule has 0 heterocycles. The van der Waals surface area contributed by atoms with E-state index in [-0.39, 0.29) is 4.92 Å². The summed E-state index contributed by atoms with van der Waals surface area (Å²) in [6.45, 7) is 1.92. The first-order valence-electron chi connectivity index (χ1n) is 4.39. The molecular formula is C9H14N2O2. The van der Waals surface area contributed by atoms with E-state index in [4.69, 9.17) is 5.73 Å². The highest BCUT2D eigenvalue weighted by atomic mass is 16.6. The molecule has 0 aromatic heterocycles. The summed E-state index contributed by atoms with van der Waals surface area (Å²) < 4.78 is 0. The topological polar surface area (TPSA) is 69.2 Å². The van der Waals surface area contributed by atoms with Gasteiger partial charge in [-0.05, 0) is 12.5 Å². The second-order valence-corrected chi connectivity index (χ2v) is 3.27. The normalized spacial score (nSPS) is 32.0. The van der Waals surface area contributed by atoms with Gasteiger partial charge < -0.3 is 5.73 Å². The summed E-state index contributed by atoms with van der Waals surface area (Å²) in [4.78, 5) is 10.6. The van der Waals surface area contributed by atoms with Gasteiger partial charge in [0.05, 0.1) is 6.04 Å². The van der Waals surface area contributed by atoms with Crippen LogP contribution in [0.3, 0.4) is 0 Å². The number of nitrogens with zero attached hydrogens (tertiary/aromatic N) is 1. The quantitative estimate of drug-likeness (QED) is 0.527. The zero-order valence-corrected chi connectivity index (χ0v) is 7.64. The van der Waals surface area contributed by atoms with Crippen molar-refractivity contribution in [3.63, 3.8) is 0 Å². The van der Waals surface area contributed by atoms with Gasteiger partial charge in [-0.1, -0.05) is 25.2 Å². The van der Waals surface area contributed by atoms with Crippen LogP contribution in [-0.4, -0.2) is 16.5 Å². The van der Waals surface area contributed by atoms with Crippen molar-refractivity contribution >= 4 is 0 Å². The molecule has 0 spiro atoms. The summed E-state index contributed by atoms with van der Waals surface area (Å²) in [6, 6.07) is -0.507. The summed E-state index contributed by atoms with van der Waals surface area (Å²) in [5, 5.41) is 10.9. The lowest BCUT2D eigenvalue weighted by Gasteiger charge is -2.27. The second-order valence-electron chi connectivity index (χ2n) is 3.27. The minimum atomic E-state index is -1.08. The van der Waals surface area contributed by atoms with E-state index >= 15 is 0 Å². The van der Waals surface area contributed by atoms with Crippen molar-refractivity contribution < 1.29 is 4.92 Å². The van der Waals surface area contributed by atoms with Gasteiger partial charge in [-0.15, -0.1) is 0 Å². The molecule has 1 aliphatic rings. The highest BCUT2D eigenvalue weighted by Gasteiger charge is 2.45. The average Bonchev–Trinajstić information content (AvgIpc) is 2.09. The van der Waals surface area contributed by atoms with E-state index in [2.05, 4.69) is 0 Å². The van der Waals surface area contributed by atoms with Gasteiger partial charge in [0.1, 0.15) is 0 Å². The number of hydrogen-bond acceptors (Lipinski definition) is 3. The largest absolute Gasteiger partial charge is 0.318 e. The number of nitrogens with two attached hydrogens (primary N) is 1. The average molecular weight is 182 g/mol. The van der Waals surface area contributed by atoms with E-state index in [9.17, 15) is 10.1 Å². The highest BCUT2D eigenvalue weighted by molar-refractivity contribution is 5.24. The lowest BCUT2D eigenvalue weighted by Crippen LogP contribution is -2.52. The third-order valence-electron chi connectivity index (χ3n) is 2.38. The summed E-state index contributed by atoms with van der Waals surface area (Å²) in [5.41, 5.74) is 4.64. The van der Waals surface area contributed by atoms with Crippen molar-refractivity contribution in [1.82, 2.24) is 0 Å².